The molecule has 0 saturated carbocycles. The molecule has 0 aliphatic rings. The van der Waals surface area contributed by atoms with Gasteiger partial charge in [0.15, 0.2) is 0 Å². The smallest absolute Gasteiger partial charge is 0.0467 e. The molecule has 0 atom stereocenters. The molecule has 14 rings (SSSR count). The Morgan fingerprint density at radius 1 is 0.236 bits per heavy atom. The number of hydrogen-bond donors (Lipinski definition) is 0. The number of benzene rings is 13. The van der Waals surface area contributed by atoms with Crippen molar-refractivity contribution in [1.82, 2.24) is 0 Å². The van der Waals surface area contributed by atoms with Crippen LogP contribution < -0.4 is 4.90 Å². The first kappa shape index (κ1) is 41.9. The number of rotatable bonds is 8. The maximum atomic E-state index is 2.42. The molecule has 1 nitrogen and oxygen atoms in total. The maximum Gasteiger partial charge on any atom is 0.0467 e. The minimum absolute atomic E-state index is 1.09. The molecule has 2 heteroatoms. The Kier molecular flexibility index (Phi) is 10.1. The largest absolute Gasteiger partial charge is 0.310 e. The topological polar surface area (TPSA) is 3.24 Å². The van der Waals surface area contributed by atoms with E-state index >= 15 is 0 Å². The predicted molar refractivity (Wildman–Crippen MR) is 311 cm³/mol. The number of anilines is 3. The van der Waals surface area contributed by atoms with Gasteiger partial charge in [0.05, 0.1) is 0 Å². The fourth-order valence-corrected chi connectivity index (χ4v) is 12.5. The van der Waals surface area contributed by atoms with Crippen molar-refractivity contribution in [3.63, 3.8) is 0 Å². The van der Waals surface area contributed by atoms with Crippen LogP contribution in [0.5, 0.6) is 0 Å². The van der Waals surface area contributed by atoms with Crippen LogP contribution in [-0.2, 0) is 0 Å². The molecule has 72 heavy (non-hydrogen) atoms. The summed E-state index contributed by atoms with van der Waals surface area (Å²) in [6.45, 7) is 0. The Morgan fingerprint density at radius 3 is 1.43 bits per heavy atom. The van der Waals surface area contributed by atoms with Crippen LogP contribution in [0.15, 0.2) is 273 Å². The summed E-state index contributed by atoms with van der Waals surface area (Å²) in [6.07, 6.45) is 0. The van der Waals surface area contributed by atoms with Crippen molar-refractivity contribution in [2.24, 2.45) is 0 Å². The van der Waals surface area contributed by atoms with E-state index in [-0.39, 0.29) is 0 Å². The van der Waals surface area contributed by atoms with E-state index in [0.717, 1.165) is 22.6 Å². The fraction of sp³-hybridized carbons (Fsp3) is 0. The Labute approximate surface area is 422 Å². The second kappa shape index (κ2) is 17.4. The molecular weight excluding hydrogens is 887 g/mol. The number of fused-ring (bicyclic) bond motifs is 9. The summed E-state index contributed by atoms with van der Waals surface area (Å²) in [5.74, 6) is 0. The van der Waals surface area contributed by atoms with Gasteiger partial charge in [0.25, 0.3) is 0 Å². The monoisotopic (exact) mass is 931 g/mol. The van der Waals surface area contributed by atoms with Crippen LogP contribution in [0.25, 0.3) is 119 Å². The molecule has 0 aliphatic heterocycles. The normalized spacial score (nSPS) is 11.6. The van der Waals surface area contributed by atoms with Gasteiger partial charge in [0.1, 0.15) is 0 Å². The Hall–Kier alpha value is -9.08. The summed E-state index contributed by atoms with van der Waals surface area (Å²) >= 11 is 1.88. The van der Waals surface area contributed by atoms with E-state index in [4.69, 9.17) is 0 Å². The van der Waals surface area contributed by atoms with Crippen LogP contribution >= 0.6 is 11.3 Å². The molecule has 0 bridgehead atoms. The van der Waals surface area contributed by atoms with Crippen LogP contribution in [-0.4, -0.2) is 0 Å². The van der Waals surface area contributed by atoms with Gasteiger partial charge in [-0.3, -0.25) is 0 Å². The van der Waals surface area contributed by atoms with E-state index in [1.165, 1.54) is 113 Å². The van der Waals surface area contributed by atoms with Gasteiger partial charge in [-0.25, -0.2) is 0 Å². The van der Waals surface area contributed by atoms with Gasteiger partial charge in [-0.1, -0.05) is 218 Å². The lowest BCUT2D eigenvalue weighted by molar-refractivity contribution is 1.28. The standard InChI is InChI=1S/C70H45NS/c1-3-17-48(18-4-1)68-63-29-12-11-26-59(63)61-42-37-51(44-66(61)69(68)49-19-5-2-6-20-49)50-22-15-23-55(43-50)71(53-38-33-46(34-39-53)57-30-16-31-64-62-28-13-14-32-67(62)72-70(57)64)54-40-35-47(36-41-54)65-45-52-21-7-8-24-56(52)58-25-9-10-27-60(58)65/h1-45H. The molecule has 14 aromatic rings. The summed E-state index contributed by atoms with van der Waals surface area (Å²) in [5.41, 5.74) is 15.4. The zero-order valence-electron chi connectivity index (χ0n) is 39.3. The van der Waals surface area contributed by atoms with Crippen LogP contribution in [0.3, 0.4) is 0 Å². The van der Waals surface area contributed by atoms with Gasteiger partial charge in [-0.2, -0.15) is 0 Å². The van der Waals surface area contributed by atoms with Gasteiger partial charge in [-0.15, -0.1) is 11.3 Å². The molecule has 0 saturated heterocycles. The molecule has 0 fully saturated rings. The van der Waals surface area contributed by atoms with E-state index in [1.807, 2.05) is 11.3 Å². The Bertz CT molecular complexity index is 4360. The second-order valence-electron chi connectivity index (χ2n) is 18.7. The lowest BCUT2D eigenvalue weighted by Gasteiger charge is -2.27. The van der Waals surface area contributed by atoms with E-state index in [9.17, 15) is 0 Å². The summed E-state index contributed by atoms with van der Waals surface area (Å²) in [6, 6.07) is 101. The van der Waals surface area contributed by atoms with Crippen LogP contribution in [0.2, 0.25) is 0 Å². The zero-order chi connectivity index (χ0) is 47.5. The minimum atomic E-state index is 1.09. The molecule has 1 aromatic heterocycles. The van der Waals surface area contributed by atoms with E-state index < -0.39 is 0 Å². The first-order chi connectivity index (χ1) is 35.7. The Balaban J connectivity index is 0.926. The molecule has 13 aromatic carbocycles. The van der Waals surface area contributed by atoms with Crippen molar-refractivity contribution in [1.29, 1.82) is 0 Å². The zero-order valence-corrected chi connectivity index (χ0v) is 40.2. The quantitative estimate of drug-likeness (QED) is 0.137. The Morgan fingerprint density at radius 2 is 0.722 bits per heavy atom. The van der Waals surface area contributed by atoms with Gasteiger partial charge < -0.3 is 4.90 Å². The first-order valence-electron chi connectivity index (χ1n) is 24.7. The second-order valence-corrected chi connectivity index (χ2v) is 19.8. The first-order valence-corrected chi connectivity index (χ1v) is 25.5. The van der Waals surface area contributed by atoms with Crippen LogP contribution in [0.4, 0.5) is 17.1 Å². The third-order valence-corrected chi connectivity index (χ3v) is 15.9. The minimum Gasteiger partial charge on any atom is -0.310 e. The molecule has 0 amide bonds. The number of hydrogen-bond acceptors (Lipinski definition) is 2. The SMILES string of the molecule is c1ccc(-c2c(-c3ccccc3)c3cc(-c4cccc(N(c5ccc(-c6cc7ccccc7c7ccccc67)cc5)c5ccc(-c6cccc7c6sc6ccccc67)cc5)c4)ccc3c3ccccc23)cc1. The van der Waals surface area contributed by atoms with Crippen molar-refractivity contribution >= 4 is 91.7 Å². The van der Waals surface area contributed by atoms with E-state index in [0.29, 0.717) is 0 Å². The molecule has 1 heterocycles. The average Bonchev–Trinajstić information content (AvgIpc) is 3.85. The lowest BCUT2D eigenvalue weighted by Crippen LogP contribution is -2.10. The number of thiophene rings is 1. The van der Waals surface area contributed by atoms with Gasteiger partial charge in [0, 0.05) is 37.2 Å². The fourth-order valence-electron chi connectivity index (χ4n) is 11.3. The van der Waals surface area contributed by atoms with Crippen molar-refractivity contribution < 1.29 is 0 Å². The van der Waals surface area contributed by atoms with Crippen LogP contribution in [0.1, 0.15) is 0 Å². The molecule has 0 N–H and O–H groups in total. The average molecular weight is 932 g/mol. The van der Waals surface area contributed by atoms with E-state index in [1.54, 1.807) is 0 Å². The van der Waals surface area contributed by atoms with Gasteiger partial charge >= 0.3 is 0 Å². The molecule has 0 unspecified atom stereocenters. The molecule has 0 spiro atoms. The van der Waals surface area contributed by atoms with Crippen LogP contribution in [0, 0.1) is 0 Å². The third-order valence-electron chi connectivity index (χ3n) is 14.6. The summed E-state index contributed by atoms with van der Waals surface area (Å²) < 4.78 is 2.64. The summed E-state index contributed by atoms with van der Waals surface area (Å²) in [7, 11) is 0. The highest BCUT2D eigenvalue weighted by Gasteiger charge is 2.20. The molecular formula is C70H45NS. The van der Waals surface area contributed by atoms with Gasteiger partial charge in [-0.05, 0) is 153 Å². The highest BCUT2D eigenvalue weighted by Crippen LogP contribution is 2.47. The van der Waals surface area contributed by atoms with Crippen molar-refractivity contribution in [2.75, 3.05) is 4.90 Å². The highest BCUT2D eigenvalue weighted by atomic mass is 32.1. The predicted octanol–water partition coefficient (Wildman–Crippen LogP) is 20.5. The van der Waals surface area contributed by atoms with Gasteiger partial charge in [0.2, 0.25) is 0 Å². The summed E-state index contributed by atoms with van der Waals surface area (Å²) in [5, 5.41) is 12.7. The highest BCUT2D eigenvalue weighted by molar-refractivity contribution is 7.26. The lowest BCUT2D eigenvalue weighted by atomic mass is 9.84. The van der Waals surface area contributed by atoms with Crippen molar-refractivity contribution in [2.45, 2.75) is 0 Å². The molecule has 0 aliphatic carbocycles. The summed E-state index contributed by atoms with van der Waals surface area (Å²) in [4.78, 5) is 2.41. The maximum absolute atomic E-state index is 2.42. The van der Waals surface area contributed by atoms with Crippen molar-refractivity contribution in [3.05, 3.63) is 273 Å². The molecule has 336 valence electrons. The number of nitrogens with zero attached hydrogens (tertiary/aromatic N) is 1. The van der Waals surface area contributed by atoms with Crippen molar-refractivity contribution in [3.8, 4) is 55.6 Å². The molecule has 0 radical (unpaired) electrons. The van der Waals surface area contributed by atoms with E-state index in [2.05, 4.69) is 278 Å². The third kappa shape index (κ3) is 7.07.